The van der Waals surface area contributed by atoms with Crippen LogP contribution < -0.4 is 5.32 Å². The van der Waals surface area contributed by atoms with Crippen molar-refractivity contribution < 1.29 is 0 Å². The Kier molecular flexibility index (Phi) is 4.65. The van der Waals surface area contributed by atoms with E-state index in [1.54, 1.807) is 0 Å². The standard InChI is InChI=1S/C13H10Br3N/c14-10-6-11(15)13(12(16)7-10)17-8-9-4-2-1-3-5-9/h1-7,17H,8H2. The first-order valence-electron chi connectivity index (χ1n) is 5.09. The van der Waals surface area contributed by atoms with Crippen LogP contribution in [0, 0.1) is 0 Å². The summed E-state index contributed by atoms with van der Waals surface area (Å²) in [5.41, 5.74) is 2.33. The van der Waals surface area contributed by atoms with E-state index in [-0.39, 0.29) is 0 Å². The lowest BCUT2D eigenvalue weighted by molar-refractivity contribution is 1.14. The first-order valence-corrected chi connectivity index (χ1v) is 7.47. The van der Waals surface area contributed by atoms with Crippen LogP contribution in [-0.2, 0) is 6.54 Å². The lowest BCUT2D eigenvalue weighted by Gasteiger charge is -2.11. The van der Waals surface area contributed by atoms with Crippen LogP contribution in [0.2, 0.25) is 0 Å². The van der Waals surface area contributed by atoms with Gasteiger partial charge in [-0.05, 0) is 49.6 Å². The van der Waals surface area contributed by atoms with Crippen LogP contribution in [0.1, 0.15) is 5.56 Å². The van der Waals surface area contributed by atoms with Gasteiger partial charge in [0.25, 0.3) is 0 Å². The zero-order valence-corrected chi connectivity index (χ0v) is 13.6. The fourth-order valence-electron chi connectivity index (χ4n) is 1.50. The molecule has 0 fully saturated rings. The molecule has 0 aliphatic carbocycles. The molecule has 0 bridgehead atoms. The summed E-state index contributed by atoms with van der Waals surface area (Å²) in [7, 11) is 0. The highest BCUT2D eigenvalue weighted by molar-refractivity contribution is 9.11. The molecule has 0 amide bonds. The van der Waals surface area contributed by atoms with Crippen molar-refractivity contribution in [3.05, 3.63) is 61.4 Å². The van der Waals surface area contributed by atoms with Gasteiger partial charge in [-0.1, -0.05) is 46.3 Å². The van der Waals surface area contributed by atoms with Crippen LogP contribution in [-0.4, -0.2) is 0 Å². The summed E-state index contributed by atoms with van der Waals surface area (Å²) < 4.78 is 3.12. The van der Waals surface area contributed by atoms with Crippen molar-refractivity contribution in [3.63, 3.8) is 0 Å². The van der Waals surface area contributed by atoms with E-state index in [1.807, 2.05) is 30.3 Å². The fourth-order valence-corrected chi connectivity index (χ4v) is 4.04. The van der Waals surface area contributed by atoms with Gasteiger partial charge in [-0.15, -0.1) is 0 Å². The minimum absolute atomic E-state index is 0.805. The molecule has 88 valence electrons. The van der Waals surface area contributed by atoms with Crippen molar-refractivity contribution in [2.45, 2.75) is 6.54 Å². The molecule has 4 heteroatoms. The van der Waals surface area contributed by atoms with Crippen molar-refractivity contribution in [2.75, 3.05) is 5.32 Å². The van der Waals surface area contributed by atoms with Crippen molar-refractivity contribution in [2.24, 2.45) is 0 Å². The summed E-state index contributed by atoms with van der Waals surface area (Å²) >= 11 is 10.6. The van der Waals surface area contributed by atoms with E-state index in [4.69, 9.17) is 0 Å². The zero-order valence-electron chi connectivity index (χ0n) is 8.88. The summed E-state index contributed by atoms with van der Waals surface area (Å²) in [6.45, 7) is 0.805. The third kappa shape index (κ3) is 3.57. The second-order valence-electron chi connectivity index (χ2n) is 3.58. The van der Waals surface area contributed by atoms with E-state index in [9.17, 15) is 0 Å². The van der Waals surface area contributed by atoms with Gasteiger partial charge >= 0.3 is 0 Å². The number of anilines is 1. The van der Waals surface area contributed by atoms with Crippen LogP contribution in [0.25, 0.3) is 0 Å². The molecule has 2 aromatic carbocycles. The lowest BCUT2D eigenvalue weighted by atomic mass is 10.2. The van der Waals surface area contributed by atoms with E-state index < -0.39 is 0 Å². The molecule has 0 saturated carbocycles. The summed E-state index contributed by atoms with van der Waals surface area (Å²) in [6, 6.07) is 14.4. The number of benzene rings is 2. The van der Waals surface area contributed by atoms with Gasteiger partial charge in [0, 0.05) is 20.0 Å². The van der Waals surface area contributed by atoms with Gasteiger partial charge in [-0.3, -0.25) is 0 Å². The molecule has 0 heterocycles. The molecule has 0 radical (unpaired) electrons. The molecule has 1 nitrogen and oxygen atoms in total. The molecule has 0 aliphatic rings. The number of rotatable bonds is 3. The third-order valence-electron chi connectivity index (χ3n) is 2.32. The van der Waals surface area contributed by atoms with Gasteiger partial charge in [0.1, 0.15) is 0 Å². The summed E-state index contributed by atoms with van der Waals surface area (Å²) in [4.78, 5) is 0. The average Bonchev–Trinajstić information content (AvgIpc) is 2.29. The minimum Gasteiger partial charge on any atom is -0.379 e. The highest BCUT2D eigenvalue weighted by Crippen LogP contribution is 2.34. The predicted molar refractivity (Wildman–Crippen MR) is 83.3 cm³/mol. The number of hydrogen-bond donors (Lipinski definition) is 1. The van der Waals surface area contributed by atoms with Crippen LogP contribution in [0.5, 0.6) is 0 Å². The quantitative estimate of drug-likeness (QED) is 0.684. The van der Waals surface area contributed by atoms with Crippen molar-refractivity contribution >= 4 is 53.5 Å². The zero-order chi connectivity index (χ0) is 12.3. The number of nitrogens with one attached hydrogen (secondary N) is 1. The highest BCUT2D eigenvalue weighted by Gasteiger charge is 2.06. The normalized spacial score (nSPS) is 10.3. The maximum absolute atomic E-state index is 3.55. The monoisotopic (exact) mass is 417 g/mol. The first-order chi connectivity index (χ1) is 8.16. The molecule has 0 saturated heterocycles. The Labute approximate surface area is 126 Å². The molecule has 2 rings (SSSR count). The van der Waals surface area contributed by atoms with Crippen molar-refractivity contribution in [3.8, 4) is 0 Å². The Balaban J connectivity index is 2.15. The topological polar surface area (TPSA) is 12.0 Å². The molecule has 0 atom stereocenters. The molecular weight excluding hydrogens is 410 g/mol. The lowest BCUT2D eigenvalue weighted by Crippen LogP contribution is -2.00. The fraction of sp³-hybridized carbons (Fsp3) is 0.0769. The summed E-state index contributed by atoms with van der Waals surface area (Å²) in [6.07, 6.45) is 0. The van der Waals surface area contributed by atoms with E-state index in [0.717, 1.165) is 25.7 Å². The van der Waals surface area contributed by atoms with Gasteiger partial charge < -0.3 is 5.32 Å². The predicted octanol–water partition coefficient (Wildman–Crippen LogP) is 5.59. The Morgan fingerprint density at radius 1 is 0.882 bits per heavy atom. The van der Waals surface area contributed by atoms with Crippen LogP contribution >= 0.6 is 47.8 Å². The van der Waals surface area contributed by atoms with Crippen LogP contribution in [0.4, 0.5) is 5.69 Å². The molecule has 0 aromatic heterocycles. The highest BCUT2D eigenvalue weighted by atomic mass is 79.9. The molecular formula is C13H10Br3N. The maximum Gasteiger partial charge on any atom is 0.0632 e. The van der Waals surface area contributed by atoms with Crippen LogP contribution in [0.15, 0.2) is 55.9 Å². The molecule has 2 aromatic rings. The molecule has 1 N–H and O–H groups in total. The van der Waals surface area contributed by atoms with Crippen LogP contribution in [0.3, 0.4) is 0 Å². The van der Waals surface area contributed by atoms with Gasteiger partial charge in [-0.25, -0.2) is 0 Å². The number of hydrogen-bond acceptors (Lipinski definition) is 1. The molecule has 0 spiro atoms. The Morgan fingerprint density at radius 3 is 2.06 bits per heavy atom. The first kappa shape index (κ1) is 13.1. The van der Waals surface area contributed by atoms with Crippen molar-refractivity contribution in [1.82, 2.24) is 0 Å². The van der Waals surface area contributed by atoms with Crippen molar-refractivity contribution in [1.29, 1.82) is 0 Å². The molecule has 0 aliphatic heterocycles. The molecule has 0 unspecified atom stereocenters. The SMILES string of the molecule is Brc1cc(Br)c(NCc2ccccc2)c(Br)c1. The smallest absolute Gasteiger partial charge is 0.0632 e. The molecule has 17 heavy (non-hydrogen) atoms. The van der Waals surface area contributed by atoms with Gasteiger partial charge in [0.05, 0.1) is 5.69 Å². The summed E-state index contributed by atoms with van der Waals surface area (Å²) in [5, 5.41) is 3.41. The third-order valence-corrected chi connectivity index (χ3v) is 4.03. The van der Waals surface area contributed by atoms with E-state index in [0.29, 0.717) is 0 Å². The van der Waals surface area contributed by atoms with Gasteiger partial charge in [0.15, 0.2) is 0 Å². The number of halogens is 3. The van der Waals surface area contributed by atoms with Gasteiger partial charge in [0.2, 0.25) is 0 Å². The van der Waals surface area contributed by atoms with E-state index in [1.165, 1.54) is 5.56 Å². The minimum atomic E-state index is 0.805. The second kappa shape index (κ2) is 6.03. The Hall–Kier alpha value is -0.320. The second-order valence-corrected chi connectivity index (χ2v) is 6.21. The summed E-state index contributed by atoms with van der Waals surface area (Å²) in [5.74, 6) is 0. The Morgan fingerprint density at radius 2 is 1.47 bits per heavy atom. The van der Waals surface area contributed by atoms with E-state index >= 15 is 0 Å². The Bertz CT molecular complexity index is 488. The largest absolute Gasteiger partial charge is 0.379 e. The van der Waals surface area contributed by atoms with E-state index in [2.05, 4.69) is 65.2 Å². The average molecular weight is 420 g/mol. The maximum atomic E-state index is 3.55. The van der Waals surface area contributed by atoms with Gasteiger partial charge in [-0.2, -0.15) is 0 Å².